The van der Waals surface area contributed by atoms with Gasteiger partial charge in [0, 0.05) is 19.0 Å². The summed E-state index contributed by atoms with van der Waals surface area (Å²) in [6.07, 6.45) is 4.92. The van der Waals surface area contributed by atoms with Crippen LogP contribution in [-0.4, -0.2) is 34.0 Å². The van der Waals surface area contributed by atoms with Gasteiger partial charge in [0.15, 0.2) is 10.7 Å². The highest BCUT2D eigenvalue weighted by Crippen LogP contribution is 2.42. The van der Waals surface area contributed by atoms with Gasteiger partial charge >= 0.3 is 11.5 Å². The van der Waals surface area contributed by atoms with Crippen LogP contribution < -0.4 is 11.2 Å². The van der Waals surface area contributed by atoms with Gasteiger partial charge in [0.05, 0.1) is 0 Å². The van der Waals surface area contributed by atoms with Crippen LogP contribution in [0.5, 0.6) is 0 Å². The summed E-state index contributed by atoms with van der Waals surface area (Å²) in [6, 6.07) is 0.0118. The normalized spacial score (nSPS) is 16.6. The van der Waals surface area contributed by atoms with E-state index in [1.807, 2.05) is 0 Å². The highest BCUT2D eigenvalue weighted by atomic mass is 32.2. The lowest BCUT2D eigenvalue weighted by atomic mass is 10.3. The van der Waals surface area contributed by atoms with E-state index in [0.29, 0.717) is 16.5 Å². The number of aromatic nitrogens is 6. The molecular formula is C16H15N7O4S. The maximum atomic E-state index is 12.6. The van der Waals surface area contributed by atoms with Gasteiger partial charge in [-0.3, -0.25) is 14.3 Å². The number of rotatable bonds is 5. The lowest BCUT2D eigenvalue weighted by Crippen LogP contribution is -2.31. The minimum Gasteiger partial charge on any atom is -0.358 e. The topological polar surface area (TPSA) is 142 Å². The van der Waals surface area contributed by atoms with Crippen LogP contribution in [0, 0.1) is 10.1 Å². The predicted octanol–water partition coefficient (Wildman–Crippen LogP) is 1.48. The number of hydrogen-bond donors (Lipinski definition) is 1. The summed E-state index contributed by atoms with van der Waals surface area (Å²) in [5.74, 6) is 0.450. The maximum absolute atomic E-state index is 12.6. The number of hydrogen-bond acceptors (Lipinski definition) is 8. The van der Waals surface area contributed by atoms with Crippen molar-refractivity contribution in [2.24, 2.45) is 7.05 Å². The molecule has 0 aliphatic heterocycles. The van der Waals surface area contributed by atoms with Crippen molar-refractivity contribution >= 4 is 28.6 Å². The Hall–Kier alpha value is -3.02. The van der Waals surface area contributed by atoms with Crippen LogP contribution in [-0.2, 0) is 7.05 Å². The van der Waals surface area contributed by atoms with Crippen LogP contribution in [0.2, 0.25) is 0 Å². The zero-order valence-corrected chi connectivity index (χ0v) is 15.6. The summed E-state index contributed by atoms with van der Waals surface area (Å²) < 4.78 is 3.03. The number of nitrogens with zero attached hydrogens (tertiary/aromatic N) is 6. The molecule has 3 aromatic rings. The first-order chi connectivity index (χ1) is 13.4. The van der Waals surface area contributed by atoms with Crippen LogP contribution in [0.15, 0.2) is 26.0 Å². The third-order valence-corrected chi connectivity index (χ3v) is 6.01. The first kappa shape index (κ1) is 17.1. The zero-order chi connectivity index (χ0) is 19.6. The summed E-state index contributed by atoms with van der Waals surface area (Å²) >= 11 is 0.998. The van der Waals surface area contributed by atoms with E-state index in [2.05, 4.69) is 19.9 Å². The molecule has 5 rings (SSSR count). The summed E-state index contributed by atoms with van der Waals surface area (Å²) in [6.45, 7) is 0. The summed E-state index contributed by atoms with van der Waals surface area (Å²) in [5, 5.41) is 12.0. The largest absolute Gasteiger partial charge is 0.396 e. The highest BCUT2D eigenvalue weighted by Gasteiger charge is 2.33. The SMILES string of the molecule is Cn1cnc([N+](=O)[O-])c1Sc1nc(C2CC2)nc2c1c(=O)[nH]c(=O)n2C1CC1. The number of imidazole rings is 1. The van der Waals surface area contributed by atoms with Crippen LogP contribution >= 0.6 is 11.8 Å². The molecule has 0 atom stereocenters. The molecule has 0 amide bonds. The van der Waals surface area contributed by atoms with Gasteiger partial charge in [-0.15, -0.1) is 0 Å². The van der Waals surface area contributed by atoms with Crippen LogP contribution in [0.3, 0.4) is 0 Å². The average molecular weight is 401 g/mol. The van der Waals surface area contributed by atoms with Crippen LogP contribution in [0.1, 0.15) is 43.5 Å². The molecule has 12 heteroatoms. The van der Waals surface area contributed by atoms with E-state index in [0.717, 1.165) is 37.4 Å². The van der Waals surface area contributed by atoms with Crippen molar-refractivity contribution in [3.05, 3.63) is 43.1 Å². The zero-order valence-electron chi connectivity index (χ0n) is 14.8. The molecule has 0 aromatic carbocycles. The second-order valence-electron chi connectivity index (χ2n) is 7.06. The fourth-order valence-corrected chi connectivity index (χ4v) is 4.16. The molecule has 3 heterocycles. The van der Waals surface area contributed by atoms with Gasteiger partial charge in [-0.2, -0.15) is 0 Å². The van der Waals surface area contributed by atoms with E-state index >= 15 is 0 Å². The van der Waals surface area contributed by atoms with E-state index in [9.17, 15) is 19.7 Å². The molecule has 0 saturated heterocycles. The third kappa shape index (κ3) is 2.71. The molecule has 0 unspecified atom stereocenters. The first-order valence-corrected chi connectivity index (χ1v) is 9.65. The molecule has 2 aliphatic rings. The van der Waals surface area contributed by atoms with Crippen molar-refractivity contribution < 1.29 is 4.92 Å². The van der Waals surface area contributed by atoms with Gasteiger partial charge in [-0.05, 0) is 47.4 Å². The van der Waals surface area contributed by atoms with Crippen molar-refractivity contribution in [1.29, 1.82) is 0 Å². The Morgan fingerprint density at radius 2 is 2.00 bits per heavy atom. The van der Waals surface area contributed by atoms with Crippen molar-refractivity contribution in [3.8, 4) is 0 Å². The summed E-state index contributed by atoms with van der Waals surface area (Å²) in [7, 11) is 1.64. The fraction of sp³-hybridized carbons (Fsp3) is 0.438. The minimum atomic E-state index is -0.591. The van der Waals surface area contributed by atoms with Gasteiger partial charge < -0.3 is 14.7 Å². The Kier molecular flexibility index (Phi) is 3.66. The first-order valence-electron chi connectivity index (χ1n) is 8.84. The Morgan fingerprint density at radius 1 is 1.25 bits per heavy atom. The molecule has 0 spiro atoms. The van der Waals surface area contributed by atoms with Gasteiger partial charge in [-0.1, -0.05) is 0 Å². The molecule has 28 heavy (non-hydrogen) atoms. The average Bonchev–Trinajstić information content (AvgIpc) is 3.54. The van der Waals surface area contributed by atoms with Gasteiger partial charge in [0.2, 0.25) is 6.33 Å². The van der Waals surface area contributed by atoms with Gasteiger partial charge in [-0.25, -0.2) is 14.8 Å². The molecule has 2 aliphatic carbocycles. The smallest absolute Gasteiger partial charge is 0.358 e. The van der Waals surface area contributed by atoms with E-state index in [1.54, 1.807) is 7.05 Å². The molecule has 0 radical (unpaired) electrons. The van der Waals surface area contributed by atoms with Gasteiger partial charge in [0.25, 0.3) is 5.56 Å². The Balaban J connectivity index is 1.78. The quantitative estimate of drug-likeness (QED) is 0.385. The van der Waals surface area contributed by atoms with Gasteiger partial charge in [0.1, 0.15) is 16.2 Å². The van der Waals surface area contributed by atoms with E-state index in [-0.39, 0.29) is 28.2 Å². The number of H-pyrrole nitrogens is 1. The molecule has 144 valence electrons. The Labute approximate surface area is 161 Å². The summed E-state index contributed by atoms with van der Waals surface area (Å²) in [4.78, 5) is 51.0. The standard InChI is InChI=1S/C16H15N7O4S/c1-21-6-17-12(23(26)27)15(21)28-14-9-11(18-10(19-14)7-2-3-7)22(8-4-5-8)16(25)20-13(9)24/h6-8H,2-5H2,1H3,(H,20,24,25). The fourth-order valence-electron chi connectivity index (χ4n) is 3.14. The number of nitrogens with one attached hydrogen (secondary N) is 1. The Morgan fingerprint density at radius 3 is 2.64 bits per heavy atom. The summed E-state index contributed by atoms with van der Waals surface area (Å²) in [5.41, 5.74) is -0.769. The Bertz CT molecular complexity index is 1250. The second kappa shape index (κ2) is 5.99. The van der Waals surface area contributed by atoms with Crippen LogP contribution in [0.25, 0.3) is 11.0 Å². The third-order valence-electron chi connectivity index (χ3n) is 4.85. The van der Waals surface area contributed by atoms with Crippen molar-refractivity contribution in [2.75, 3.05) is 0 Å². The molecule has 2 saturated carbocycles. The van der Waals surface area contributed by atoms with Crippen LogP contribution in [0.4, 0.5) is 5.82 Å². The predicted molar refractivity (Wildman–Crippen MR) is 98.7 cm³/mol. The molecule has 2 fully saturated rings. The number of fused-ring (bicyclic) bond motifs is 1. The lowest BCUT2D eigenvalue weighted by molar-refractivity contribution is -0.392. The number of aromatic amines is 1. The second-order valence-corrected chi connectivity index (χ2v) is 8.04. The molecule has 3 aromatic heterocycles. The highest BCUT2D eigenvalue weighted by molar-refractivity contribution is 7.99. The maximum Gasteiger partial charge on any atom is 0.396 e. The van der Waals surface area contributed by atoms with Crippen molar-refractivity contribution in [1.82, 2.24) is 29.1 Å². The lowest BCUT2D eigenvalue weighted by Gasteiger charge is -2.11. The number of aryl methyl sites for hydroxylation is 1. The molecular weight excluding hydrogens is 386 g/mol. The van der Waals surface area contributed by atoms with E-state index in [4.69, 9.17) is 0 Å². The molecule has 0 bridgehead atoms. The molecule has 1 N–H and O–H groups in total. The van der Waals surface area contributed by atoms with E-state index in [1.165, 1.54) is 15.5 Å². The monoisotopic (exact) mass is 401 g/mol. The van der Waals surface area contributed by atoms with Crippen molar-refractivity contribution in [2.45, 2.75) is 47.7 Å². The number of nitro groups is 1. The van der Waals surface area contributed by atoms with E-state index < -0.39 is 16.2 Å². The molecule has 11 nitrogen and oxygen atoms in total. The van der Waals surface area contributed by atoms with Crippen molar-refractivity contribution in [3.63, 3.8) is 0 Å². The minimum absolute atomic E-state index is 0.0118.